The number of primary amides is 1. The second-order valence-electron chi connectivity index (χ2n) is 5.64. The van der Waals surface area contributed by atoms with Crippen molar-refractivity contribution in [2.45, 2.75) is 26.9 Å². The van der Waals surface area contributed by atoms with Gasteiger partial charge in [-0.1, -0.05) is 29.8 Å². The van der Waals surface area contributed by atoms with Crippen LogP contribution in [0.15, 0.2) is 45.8 Å². The number of aliphatic imine (C=N–C) groups is 1. The molecular weight excluding hydrogens is 304 g/mol. The lowest BCUT2D eigenvalue weighted by atomic mass is 10.1. The predicted molar refractivity (Wildman–Crippen MR) is 94.7 cm³/mol. The number of hydrogen-bond acceptors (Lipinski definition) is 3. The van der Waals surface area contributed by atoms with E-state index >= 15 is 0 Å². The fourth-order valence-corrected chi connectivity index (χ4v) is 2.26. The molecule has 1 aromatic heterocycles. The summed E-state index contributed by atoms with van der Waals surface area (Å²) in [6.45, 7) is 5.95. The van der Waals surface area contributed by atoms with Crippen molar-refractivity contribution >= 4 is 11.9 Å². The highest BCUT2D eigenvalue weighted by atomic mass is 16.3. The van der Waals surface area contributed by atoms with Crippen LogP contribution in [0.25, 0.3) is 0 Å². The van der Waals surface area contributed by atoms with Crippen LogP contribution >= 0.6 is 0 Å². The summed E-state index contributed by atoms with van der Waals surface area (Å²) in [5, 5.41) is 3.26. The molecule has 1 heterocycles. The average Bonchev–Trinajstić information content (AvgIpc) is 3.02. The van der Waals surface area contributed by atoms with Crippen molar-refractivity contribution < 1.29 is 9.21 Å². The van der Waals surface area contributed by atoms with Crippen LogP contribution in [-0.2, 0) is 13.1 Å². The van der Waals surface area contributed by atoms with Crippen molar-refractivity contribution in [1.29, 1.82) is 0 Å². The zero-order valence-corrected chi connectivity index (χ0v) is 14.4. The standard InChI is InChI=1S/C18H24N4O2/c1-4-20-18(21-11-15-9-10-16(24-15)17(19)23)22(3)12-14-7-5-13(2)6-8-14/h5-10H,4,11-12H2,1-3H3,(H2,19,23)(H,20,21). The van der Waals surface area contributed by atoms with E-state index in [1.807, 2.05) is 18.9 Å². The molecule has 0 spiro atoms. The maximum atomic E-state index is 11.1. The second-order valence-corrected chi connectivity index (χ2v) is 5.64. The van der Waals surface area contributed by atoms with Gasteiger partial charge in [-0.3, -0.25) is 4.79 Å². The Labute approximate surface area is 142 Å². The molecule has 1 aromatic carbocycles. The molecule has 6 nitrogen and oxygen atoms in total. The van der Waals surface area contributed by atoms with E-state index in [9.17, 15) is 4.79 Å². The van der Waals surface area contributed by atoms with E-state index in [0.717, 1.165) is 19.0 Å². The molecule has 0 saturated heterocycles. The number of carbonyl (C=O) groups excluding carboxylic acids is 1. The molecule has 24 heavy (non-hydrogen) atoms. The second kappa shape index (κ2) is 8.19. The van der Waals surface area contributed by atoms with Gasteiger partial charge >= 0.3 is 0 Å². The number of guanidine groups is 1. The number of furan rings is 1. The van der Waals surface area contributed by atoms with Gasteiger partial charge in [-0.25, -0.2) is 4.99 Å². The normalized spacial score (nSPS) is 11.4. The van der Waals surface area contributed by atoms with Crippen molar-refractivity contribution in [2.24, 2.45) is 10.7 Å². The zero-order chi connectivity index (χ0) is 17.5. The number of amides is 1. The molecule has 3 N–H and O–H groups in total. The molecule has 0 atom stereocenters. The Morgan fingerprint density at radius 3 is 2.54 bits per heavy atom. The van der Waals surface area contributed by atoms with Crippen molar-refractivity contribution in [1.82, 2.24) is 10.2 Å². The quantitative estimate of drug-likeness (QED) is 0.629. The third-order valence-corrected chi connectivity index (χ3v) is 3.53. The van der Waals surface area contributed by atoms with Gasteiger partial charge < -0.3 is 20.4 Å². The van der Waals surface area contributed by atoms with Crippen LogP contribution in [0.2, 0.25) is 0 Å². The number of nitrogens with zero attached hydrogens (tertiary/aromatic N) is 2. The summed E-state index contributed by atoms with van der Waals surface area (Å²) < 4.78 is 5.36. The van der Waals surface area contributed by atoms with Gasteiger partial charge in [0.15, 0.2) is 11.7 Å². The molecule has 6 heteroatoms. The van der Waals surface area contributed by atoms with Crippen molar-refractivity contribution in [2.75, 3.05) is 13.6 Å². The lowest BCUT2D eigenvalue weighted by Gasteiger charge is -2.22. The Bertz CT molecular complexity index is 704. The molecule has 0 aliphatic carbocycles. The molecule has 0 radical (unpaired) electrons. The van der Waals surface area contributed by atoms with E-state index in [0.29, 0.717) is 12.3 Å². The van der Waals surface area contributed by atoms with Crippen LogP contribution in [0.4, 0.5) is 0 Å². The molecule has 0 aliphatic heterocycles. The average molecular weight is 328 g/mol. The van der Waals surface area contributed by atoms with Gasteiger partial charge in [0.25, 0.3) is 5.91 Å². The van der Waals surface area contributed by atoms with Gasteiger partial charge in [0.1, 0.15) is 12.3 Å². The number of aryl methyl sites for hydroxylation is 1. The third-order valence-electron chi connectivity index (χ3n) is 3.53. The summed E-state index contributed by atoms with van der Waals surface area (Å²) >= 11 is 0. The maximum absolute atomic E-state index is 11.1. The minimum absolute atomic E-state index is 0.151. The summed E-state index contributed by atoms with van der Waals surface area (Å²) in [5.41, 5.74) is 7.64. The Morgan fingerprint density at radius 2 is 1.96 bits per heavy atom. The number of hydrogen-bond donors (Lipinski definition) is 2. The first kappa shape index (κ1) is 17.6. The number of nitrogens with two attached hydrogens (primary N) is 1. The fourth-order valence-electron chi connectivity index (χ4n) is 2.26. The zero-order valence-electron chi connectivity index (χ0n) is 14.4. The highest BCUT2D eigenvalue weighted by Crippen LogP contribution is 2.10. The van der Waals surface area contributed by atoms with E-state index in [-0.39, 0.29) is 5.76 Å². The summed E-state index contributed by atoms with van der Waals surface area (Å²) in [5.74, 6) is 0.949. The first-order valence-corrected chi connectivity index (χ1v) is 7.93. The molecule has 2 aromatic rings. The molecule has 0 unspecified atom stereocenters. The maximum Gasteiger partial charge on any atom is 0.284 e. The molecule has 0 fully saturated rings. The lowest BCUT2D eigenvalue weighted by Crippen LogP contribution is -2.38. The number of rotatable bonds is 6. The van der Waals surface area contributed by atoms with E-state index in [2.05, 4.69) is 41.5 Å². The minimum atomic E-state index is -0.575. The Hall–Kier alpha value is -2.76. The fraction of sp³-hybridized carbons (Fsp3) is 0.333. The van der Waals surface area contributed by atoms with Crippen LogP contribution < -0.4 is 11.1 Å². The lowest BCUT2D eigenvalue weighted by molar-refractivity contribution is 0.0972. The van der Waals surface area contributed by atoms with Gasteiger partial charge in [-0.05, 0) is 31.5 Å². The Kier molecular flexibility index (Phi) is 6.01. The van der Waals surface area contributed by atoms with Crippen LogP contribution in [0, 0.1) is 6.92 Å². The van der Waals surface area contributed by atoms with Gasteiger partial charge in [-0.2, -0.15) is 0 Å². The summed E-state index contributed by atoms with van der Waals surface area (Å²) in [4.78, 5) is 17.7. The monoisotopic (exact) mass is 328 g/mol. The predicted octanol–water partition coefficient (Wildman–Crippen LogP) is 2.28. The number of carbonyl (C=O) groups is 1. The van der Waals surface area contributed by atoms with Crippen molar-refractivity contribution in [3.63, 3.8) is 0 Å². The SMILES string of the molecule is CCNC(=NCc1ccc(C(N)=O)o1)N(C)Cc1ccc(C)cc1. The molecule has 1 amide bonds. The summed E-state index contributed by atoms with van der Waals surface area (Å²) in [6, 6.07) is 11.7. The Balaban J connectivity index is 2.05. The van der Waals surface area contributed by atoms with Gasteiger partial charge in [0, 0.05) is 20.1 Å². The Morgan fingerprint density at radius 1 is 1.25 bits per heavy atom. The largest absolute Gasteiger partial charge is 0.454 e. The van der Waals surface area contributed by atoms with Gasteiger partial charge in [0.2, 0.25) is 0 Å². The van der Waals surface area contributed by atoms with Crippen LogP contribution in [0.1, 0.15) is 34.4 Å². The number of benzene rings is 1. The molecule has 2 rings (SSSR count). The molecule has 0 bridgehead atoms. The van der Waals surface area contributed by atoms with E-state index < -0.39 is 5.91 Å². The van der Waals surface area contributed by atoms with Crippen LogP contribution in [0.3, 0.4) is 0 Å². The van der Waals surface area contributed by atoms with Crippen molar-refractivity contribution in [3.8, 4) is 0 Å². The highest BCUT2D eigenvalue weighted by molar-refractivity contribution is 5.89. The van der Waals surface area contributed by atoms with Crippen molar-refractivity contribution in [3.05, 3.63) is 59.0 Å². The minimum Gasteiger partial charge on any atom is -0.454 e. The molecular formula is C18H24N4O2. The molecule has 128 valence electrons. The van der Waals surface area contributed by atoms with E-state index in [1.165, 1.54) is 11.1 Å². The molecule has 0 aliphatic rings. The van der Waals surface area contributed by atoms with E-state index in [4.69, 9.17) is 10.2 Å². The smallest absolute Gasteiger partial charge is 0.284 e. The van der Waals surface area contributed by atoms with Gasteiger partial charge in [-0.15, -0.1) is 0 Å². The third kappa shape index (κ3) is 4.87. The highest BCUT2D eigenvalue weighted by Gasteiger charge is 2.09. The number of nitrogens with one attached hydrogen (secondary N) is 1. The first-order chi connectivity index (χ1) is 11.5. The first-order valence-electron chi connectivity index (χ1n) is 7.93. The summed E-state index contributed by atoms with van der Waals surface area (Å²) in [6.07, 6.45) is 0. The molecule has 0 saturated carbocycles. The topological polar surface area (TPSA) is 83.9 Å². The van der Waals surface area contributed by atoms with Crippen LogP contribution in [0.5, 0.6) is 0 Å². The van der Waals surface area contributed by atoms with Gasteiger partial charge in [0.05, 0.1) is 0 Å². The van der Waals surface area contributed by atoms with Crippen LogP contribution in [-0.4, -0.2) is 30.4 Å². The summed E-state index contributed by atoms with van der Waals surface area (Å²) in [7, 11) is 1.98. The van der Waals surface area contributed by atoms with E-state index in [1.54, 1.807) is 12.1 Å².